The van der Waals surface area contributed by atoms with Gasteiger partial charge in [-0.25, -0.2) is 9.07 Å². The number of aromatic amines is 1. The Morgan fingerprint density at radius 3 is 2.89 bits per heavy atom. The van der Waals surface area contributed by atoms with Crippen LogP contribution in [0, 0.1) is 30.0 Å². The molecule has 3 atom stereocenters. The van der Waals surface area contributed by atoms with Crippen LogP contribution in [0.1, 0.15) is 24.8 Å². The molecule has 2 aliphatic rings. The number of rotatable bonds is 4. The number of hydrogen-bond donors (Lipinski definition) is 3. The largest absolute Gasteiger partial charge is 0.361 e. The van der Waals surface area contributed by atoms with Gasteiger partial charge in [-0.2, -0.15) is 5.26 Å². The molecule has 6 rings (SSSR count). The summed E-state index contributed by atoms with van der Waals surface area (Å²) in [4.78, 5) is 14.6. The monoisotopic (exact) mass is 471 g/mol. The van der Waals surface area contributed by atoms with Gasteiger partial charge in [0.2, 0.25) is 5.91 Å². The fourth-order valence-corrected chi connectivity index (χ4v) is 4.85. The molecule has 2 bridgehead atoms. The highest BCUT2D eigenvalue weighted by molar-refractivity contribution is 5.84. The van der Waals surface area contributed by atoms with Crippen molar-refractivity contribution in [2.75, 3.05) is 6.54 Å². The van der Waals surface area contributed by atoms with Gasteiger partial charge in [-0.1, -0.05) is 17.3 Å². The molecular weight excluding hydrogens is 445 g/mol. The first-order chi connectivity index (χ1) is 17.0. The van der Waals surface area contributed by atoms with Gasteiger partial charge in [0.1, 0.15) is 18.1 Å². The Morgan fingerprint density at radius 2 is 2.14 bits per heavy atom. The summed E-state index contributed by atoms with van der Waals surface area (Å²) >= 11 is 0. The van der Waals surface area contributed by atoms with E-state index in [4.69, 9.17) is 5.26 Å². The number of aryl methyl sites for hydroxylation is 1. The molecular formula is C26H26FN7O. The molecule has 35 heavy (non-hydrogen) atoms. The summed E-state index contributed by atoms with van der Waals surface area (Å²) in [6.45, 7) is 1.85. The van der Waals surface area contributed by atoms with E-state index in [0.29, 0.717) is 23.2 Å². The van der Waals surface area contributed by atoms with Crippen molar-refractivity contribution in [2.24, 2.45) is 5.92 Å². The third-order valence-electron chi connectivity index (χ3n) is 6.75. The molecule has 1 aliphatic carbocycles. The van der Waals surface area contributed by atoms with Crippen molar-refractivity contribution >= 4 is 16.8 Å². The van der Waals surface area contributed by atoms with E-state index in [1.54, 1.807) is 23.9 Å². The number of aromatic nitrogens is 4. The molecule has 1 aliphatic heterocycles. The second-order valence-electron chi connectivity index (χ2n) is 9.05. The number of hydrogen-bond acceptors (Lipinski definition) is 5. The van der Waals surface area contributed by atoms with E-state index < -0.39 is 0 Å². The Kier molecular flexibility index (Phi) is 6.29. The maximum absolute atomic E-state index is 13.7. The molecule has 0 radical (unpaired) electrons. The maximum atomic E-state index is 13.7. The van der Waals surface area contributed by atoms with Crippen molar-refractivity contribution in [1.82, 2.24) is 30.6 Å². The van der Waals surface area contributed by atoms with Crippen LogP contribution in [0.25, 0.3) is 27.8 Å². The highest BCUT2D eigenvalue weighted by Crippen LogP contribution is 2.35. The minimum absolute atomic E-state index is 0.00579. The number of nitrogens with one attached hydrogen (secondary N) is 3. The predicted octanol–water partition coefficient (Wildman–Crippen LogP) is 3.63. The molecule has 1 saturated carbocycles. The fraction of sp³-hybridized carbons (Fsp3) is 0.308. The summed E-state index contributed by atoms with van der Waals surface area (Å²) in [5.41, 5.74) is 4.08. The lowest BCUT2D eigenvalue weighted by molar-refractivity contribution is -0.123. The van der Waals surface area contributed by atoms with Gasteiger partial charge in [0.15, 0.2) is 0 Å². The molecule has 4 aromatic rings. The van der Waals surface area contributed by atoms with Gasteiger partial charge in [-0.15, -0.1) is 5.10 Å². The molecule has 9 heteroatoms. The zero-order chi connectivity index (χ0) is 24.4. The summed E-state index contributed by atoms with van der Waals surface area (Å²) in [5.74, 6) is 0.251. The Bertz CT molecular complexity index is 1400. The van der Waals surface area contributed by atoms with Crippen LogP contribution in [0.3, 0.4) is 0 Å². The average Bonchev–Trinajstić information content (AvgIpc) is 3.68. The molecule has 2 aromatic carbocycles. The van der Waals surface area contributed by atoms with Crippen LogP contribution in [-0.4, -0.2) is 44.5 Å². The van der Waals surface area contributed by atoms with Crippen molar-refractivity contribution in [3.63, 3.8) is 0 Å². The summed E-state index contributed by atoms with van der Waals surface area (Å²) in [6, 6.07) is 15.5. The van der Waals surface area contributed by atoms with Gasteiger partial charge in [0.05, 0.1) is 24.0 Å². The van der Waals surface area contributed by atoms with E-state index in [1.807, 2.05) is 36.5 Å². The molecule has 3 N–H and O–H groups in total. The topological polar surface area (TPSA) is 111 Å². The Balaban J connectivity index is 0.000000166. The number of carbonyl (C=O) groups excluding carboxylic acids is 1. The van der Waals surface area contributed by atoms with Crippen LogP contribution in [0.15, 0.2) is 54.9 Å². The lowest BCUT2D eigenvalue weighted by Crippen LogP contribution is -2.47. The molecule has 1 saturated heterocycles. The lowest BCUT2D eigenvalue weighted by Gasteiger charge is -2.21. The highest BCUT2D eigenvalue weighted by atomic mass is 19.1. The zero-order valence-corrected chi connectivity index (χ0v) is 19.3. The maximum Gasteiger partial charge on any atom is 0.238 e. The van der Waals surface area contributed by atoms with Crippen LogP contribution in [-0.2, 0) is 4.79 Å². The van der Waals surface area contributed by atoms with Gasteiger partial charge in [0, 0.05) is 28.7 Å². The van der Waals surface area contributed by atoms with Gasteiger partial charge in [-0.3, -0.25) is 4.79 Å². The summed E-state index contributed by atoms with van der Waals surface area (Å²) in [6.07, 6.45) is 7.19. The van der Waals surface area contributed by atoms with E-state index in [9.17, 15) is 9.18 Å². The van der Waals surface area contributed by atoms with Crippen molar-refractivity contribution in [2.45, 2.75) is 38.3 Å². The minimum atomic E-state index is -0.247. The second-order valence-corrected chi connectivity index (χ2v) is 9.05. The average molecular weight is 472 g/mol. The van der Waals surface area contributed by atoms with Gasteiger partial charge in [-0.05, 0) is 68.0 Å². The highest BCUT2D eigenvalue weighted by Gasteiger charge is 2.42. The fourth-order valence-electron chi connectivity index (χ4n) is 4.85. The van der Waals surface area contributed by atoms with Crippen LogP contribution < -0.4 is 10.6 Å². The molecule has 2 fully saturated rings. The number of halogens is 1. The first-order valence-corrected chi connectivity index (χ1v) is 11.7. The number of carbonyl (C=O) groups is 1. The number of piperidine rings is 1. The quantitative estimate of drug-likeness (QED) is 0.394. The summed E-state index contributed by atoms with van der Waals surface area (Å²) in [7, 11) is 0. The number of nitrogens with zero attached hydrogens (tertiary/aromatic N) is 4. The Labute approximate surface area is 202 Å². The number of benzene rings is 2. The van der Waals surface area contributed by atoms with Crippen LogP contribution in [0.2, 0.25) is 0 Å². The normalized spacial score (nSPS) is 20.3. The van der Waals surface area contributed by atoms with Crippen molar-refractivity contribution in [1.29, 1.82) is 5.26 Å². The standard InChI is InChI=1S/C17H13FN4.C9H13N3O/c1-11-2-4-14(9-15(11)18)22-10-17(20-21-22)12-3-5-16-13(8-12)6-7-19-16;10-3-4-11-9(13)8-6-1-2-7(5-6)12-8/h2-10,19H,1H3;6-8,12H,1-2,4-5H2,(H,11,13)/t;6?,7?,8-/m.0/s1. The lowest BCUT2D eigenvalue weighted by atomic mass is 9.99. The van der Waals surface area contributed by atoms with Crippen LogP contribution in [0.5, 0.6) is 0 Å². The molecule has 8 nitrogen and oxygen atoms in total. The van der Waals surface area contributed by atoms with Crippen LogP contribution in [0.4, 0.5) is 4.39 Å². The first-order valence-electron chi connectivity index (χ1n) is 11.7. The van der Waals surface area contributed by atoms with E-state index >= 15 is 0 Å². The SMILES string of the molecule is Cc1ccc(-n2cc(-c3ccc4[nH]ccc4c3)nn2)cc1F.N#CCNC(=O)[C@H]1NC2CCC1C2. The van der Waals surface area contributed by atoms with E-state index in [-0.39, 0.29) is 24.3 Å². The number of amides is 1. The minimum Gasteiger partial charge on any atom is -0.361 e. The number of nitriles is 1. The third-order valence-corrected chi connectivity index (χ3v) is 6.75. The molecule has 2 unspecified atom stereocenters. The Morgan fingerprint density at radius 1 is 1.26 bits per heavy atom. The second kappa shape index (κ2) is 9.68. The van der Waals surface area contributed by atoms with Gasteiger partial charge in [0.25, 0.3) is 0 Å². The first kappa shape index (κ1) is 22.7. The summed E-state index contributed by atoms with van der Waals surface area (Å²) < 4.78 is 15.3. The zero-order valence-electron chi connectivity index (χ0n) is 19.3. The summed E-state index contributed by atoms with van der Waals surface area (Å²) in [5, 5.41) is 23.6. The van der Waals surface area contributed by atoms with Gasteiger partial charge >= 0.3 is 0 Å². The van der Waals surface area contributed by atoms with E-state index in [2.05, 4.69) is 32.0 Å². The van der Waals surface area contributed by atoms with E-state index in [0.717, 1.165) is 35.0 Å². The van der Waals surface area contributed by atoms with Crippen molar-refractivity contribution < 1.29 is 9.18 Å². The number of H-pyrrole nitrogens is 1. The van der Waals surface area contributed by atoms with Crippen molar-refractivity contribution in [3.05, 3.63) is 66.2 Å². The van der Waals surface area contributed by atoms with E-state index in [1.165, 1.54) is 12.5 Å². The smallest absolute Gasteiger partial charge is 0.238 e. The molecule has 178 valence electrons. The Hall–Kier alpha value is -4.03. The number of fused-ring (bicyclic) bond motifs is 3. The molecule has 1 amide bonds. The molecule has 3 heterocycles. The molecule has 0 spiro atoms. The van der Waals surface area contributed by atoms with Gasteiger partial charge < -0.3 is 15.6 Å². The predicted molar refractivity (Wildman–Crippen MR) is 130 cm³/mol. The van der Waals surface area contributed by atoms with Crippen LogP contribution >= 0.6 is 0 Å². The molecule has 2 aromatic heterocycles. The third kappa shape index (κ3) is 4.79. The van der Waals surface area contributed by atoms with Crippen molar-refractivity contribution in [3.8, 4) is 23.0 Å².